The van der Waals surface area contributed by atoms with Gasteiger partial charge in [-0.2, -0.15) is 0 Å². The second-order valence-corrected chi connectivity index (χ2v) is 7.44. The van der Waals surface area contributed by atoms with E-state index < -0.39 is 11.9 Å². The van der Waals surface area contributed by atoms with Crippen molar-refractivity contribution in [3.8, 4) is 22.6 Å². The van der Waals surface area contributed by atoms with Crippen molar-refractivity contribution >= 4 is 23.7 Å². The first-order valence-corrected chi connectivity index (χ1v) is 10.4. The smallest absolute Gasteiger partial charge is 0.321 e. The van der Waals surface area contributed by atoms with E-state index in [2.05, 4.69) is 15.6 Å². The summed E-state index contributed by atoms with van der Waals surface area (Å²) in [7, 11) is 0. The zero-order valence-corrected chi connectivity index (χ0v) is 17.2. The standard InChI is InChI=1S/C22H23N3O3S/c1-3-15(2)23-21(27)24-18(26)14-29-22-25-19(16-10-6-4-7-11-16)20(28-22)17-12-8-5-9-13-17/h4-13,15H,3,14H2,1-2H3,(H2,23,24,26,27)/t15-/m0/s1. The van der Waals surface area contributed by atoms with E-state index in [0.717, 1.165) is 29.3 Å². The van der Waals surface area contributed by atoms with Gasteiger partial charge in [-0.1, -0.05) is 79.3 Å². The van der Waals surface area contributed by atoms with E-state index in [1.807, 2.05) is 74.5 Å². The fourth-order valence-electron chi connectivity index (χ4n) is 2.59. The molecule has 1 heterocycles. The van der Waals surface area contributed by atoms with Gasteiger partial charge < -0.3 is 9.73 Å². The highest BCUT2D eigenvalue weighted by Gasteiger charge is 2.18. The van der Waals surface area contributed by atoms with Crippen LogP contribution in [0.5, 0.6) is 0 Å². The Kier molecular flexibility index (Phi) is 7.08. The molecule has 2 N–H and O–H groups in total. The maximum absolute atomic E-state index is 12.1. The average Bonchev–Trinajstić information content (AvgIpc) is 3.18. The highest BCUT2D eigenvalue weighted by atomic mass is 32.2. The number of imide groups is 1. The summed E-state index contributed by atoms with van der Waals surface area (Å²) in [4.78, 5) is 28.4. The number of carbonyl (C=O) groups excluding carboxylic acids is 2. The third-order valence-corrected chi connectivity index (χ3v) is 5.09. The van der Waals surface area contributed by atoms with Gasteiger partial charge in [-0.05, 0) is 13.3 Å². The van der Waals surface area contributed by atoms with Gasteiger partial charge in [-0.25, -0.2) is 9.78 Å². The molecular weight excluding hydrogens is 386 g/mol. The number of hydrogen-bond donors (Lipinski definition) is 2. The second-order valence-electron chi connectivity index (χ2n) is 6.51. The Hall–Kier alpha value is -3.06. The molecule has 3 aromatic rings. The minimum absolute atomic E-state index is 0.00375. The van der Waals surface area contributed by atoms with Crippen molar-refractivity contribution in [2.45, 2.75) is 31.5 Å². The quantitative estimate of drug-likeness (QED) is 0.552. The van der Waals surface area contributed by atoms with Gasteiger partial charge in [0.25, 0.3) is 5.22 Å². The number of nitrogens with zero attached hydrogens (tertiary/aromatic N) is 1. The number of urea groups is 1. The Morgan fingerprint density at radius 1 is 1.03 bits per heavy atom. The van der Waals surface area contributed by atoms with E-state index in [0.29, 0.717) is 16.7 Å². The zero-order valence-electron chi connectivity index (χ0n) is 16.3. The highest BCUT2D eigenvalue weighted by Crippen LogP contribution is 2.35. The largest absolute Gasteiger partial charge is 0.431 e. The van der Waals surface area contributed by atoms with Crippen LogP contribution in [-0.2, 0) is 4.79 Å². The Morgan fingerprint density at radius 2 is 1.66 bits per heavy atom. The number of hydrogen-bond acceptors (Lipinski definition) is 5. The molecule has 0 aliphatic rings. The van der Waals surface area contributed by atoms with E-state index in [1.165, 1.54) is 0 Å². The van der Waals surface area contributed by atoms with Crippen molar-refractivity contribution < 1.29 is 14.0 Å². The summed E-state index contributed by atoms with van der Waals surface area (Å²) < 4.78 is 5.96. The molecule has 1 aromatic heterocycles. The fourth-order valence-corrected chi connectivity index (χ4v) is 3.22. The monoisotopic (exact) mass is 409 g/mol. The van der Waals surface area contributed by atoms with Gasteiger partial charge in [0, 0.05) is 17.2 Å². The van der Waals surface area contributed by atoms with Crippen molar-refractivity contribution in [1.82, 2.24) is 15.6 Å². The van der Waals surface area contributed by atoms with Crippen LogP contribution in [0, 0.1) is 0 Å². The minimum atomic E-state index is -0.493. The molecule has 0 aliphatic carbocycles. The lowest BCUT2D eigenvalue weighted by molar-refractivity contribution is -0.117. The Bertz CT molecular complexity index is 901. The molecule has 0 saturated heterocycles. The molecule has 3 rings (SSSR count). The molecule has 2 aromatic carbocycles. The molecule has 1 atom stereocenters. The normalized spacial score (nSPS) is 11.7. The molecule has 29 heavy (non-hydrogen) atoms. The van der Waals surface area contributed by atoms with Crippen molar-refractivity contribution in [2.24, 2.45) is 0 Å². The van der Waals surface area contributed by atoms with Crippen LogP contribution in [0.25, 0.3) is 22.6 Å². The molecule has 150 valence electrons. The predicted molar refractivity (Wildman–Crippen MR) is 115 cm³/mol. The number of benzene rings is 2. The highest BCUT2D eigenvalue weighted by molar-refractivity contribution is 7.99. The van der Waals surface area contributed by atoms with Gasteiger partial charge in [0.1, 0.15) is 5.69 Å². The molecule has 0 saturated carbocycles. The van der Waals surface area contributed by atoms with Gasteiger partial charge in [0.15, 0.2) is 5.76 Å². The molecular formula is C22H23N3O3S. The number of oxazole rings is 1. The van der Waals surface area contributed by atoms with Crippen molar-refractivity contribution in [3.05, 3.63) is 60.7 Å². The molecule has 0 fully saturated rings. The average molecular weight is 410 g/mol. The SMILES string of the molecule is CC[C@H](C)NC(=O)NC(=O)CSc1nc(-c2ccccc2)c(-c2ccccc2)o1. The number of thioether (sulfide) groups is 1. The van der Waals surface area contributed by atoms with Crippen LogP contribution >= 0.6 is 11.8 Å². The number of carbonyl (C=O) groups is 2. The van der Waals surface area contributed by atoms with Gasteiger partial charge in [-0.15, -0.1) is 0 Å². The van der Waals surface area contributed by atoms with Crippen LogP contribution in [0.3, 0.4) is 0 Å². The molecule has 0 unspecified atom stereocenters. The predicted octanol–water partition coefficient (Wildman–Crippen LogP) is 4.73. The van der Waals surface area contributed by atoms with Gasteiger partial charge in [0.2, 0.25) is 5.91 Å². The summed E-state index contributed by atoms with van der Waals surface area (Å²) in [5.41, 5.74) is 2.55. The van der Waals surface area contributed by atoms with Gasteiger partial charge in [-0.3, -0.25) is 10.1 Å². The lowest BCUT2D eigenvalue weighted by Gasteiger charge is -2.11. The zero-order chi connectivity index (χ0) is 20.6. The lowest BCUT2D eigenvalue weighted by Crippen LogP contribution is -2.43. The summed E-state index contributed by atoms with van der Waals surface area (Å²) in [5, 5.41) is 5.39. The third kappa shape index (κ3) is 5.71. The first kappa shape index (κ1) is 20.7. The lowest BCUT2D eigenvalue weighted by atomic mass is 10.1. The first-order chi connectivity index (χ1) is 14.1. The number of aromatic nitrogens is 1. The summed E-state index contributed by atoms with van der Waals surface area (Å²) in [6.07, 6.45) is 0.789. The fraction of sp³-hybridized carbons (Fsp3) is 0.227. The number of amides is 3. The summed E-state index contributed by atoms with van der Waals surface area (Å²) in [5.74, 6) is 0.266. The Morgan fingerprint density at radius 3 is 2.28 bits per heavy atom. The van der Waals surface area contributed by atoms with Gasteiger partial charge >= 0.3 is 6.03 Å². The van der Waals surface area contributed by atoms with Crippen molar-refractivity contribution in [3.63, 3.8) is 0 Å². The van der Waals surface area contributed by atoms with E-state index in [9.17, 15) is 9.59 Å². The molecule has 6 nitrogen and oxygen atoms in total. The van der Waals surface area contributed by atoms with Crippen LogP contribution in [0.15, 0.2) is 70.3 Å². The Balaban J connectivity index is 1.73. The molecule has 0 spiro atoms. The van der Waals surface area contributed by atoms with Gasteiger partial charge in [0.05, 0.1) is 5.75 Å². The van der Waals surface area contributed by atoms with Crippen molar-refractivity contribution in [2.75, 3.05) is 5.75 Å². The van der Waals surface area contributed by atoms with E-state index >= 15 is 0 Å². The van der Waals surface area contributed by atoms with E-state index in [1.54, 1.807) is 0 Å². The van der Waals surface area contributed by atoms with Crippen LogP contribution in [-0.4, -0.2) is 28.7 Å². The van der Waals surface area contributed by atoms with Crippen LogP contribution in [0.4, 0.5) is 4.79 Å². The maximum Gasteiger partial charge on any atom is 0.321 e. The van der Waals surface area contributed by atoms with Crippen molar-refractivity contribution in [1.29, 1.82) is 0 Å². The summed E-state index contributed by atoms with van der Waals surface area (Å²) in [6.45, 7) is 3.83. The topological polar surface area (TPSA) is 84.2 Å². The van der Waals surface area contributed by atoms with Crippen LogP contribution < -0.4 is 10.6 Å². The molecule has 3 amide bonds. The molecule has 7 heteroatoms. The molecule has 0 bridgehead atoms. The van der Waals surface area contributed by atoms with E-state index in [-0.39, 0.29) is 11.8 Å². The summed E-state index contributed by atoms with van der Waals surface area (Å²) >= 11 is 1.15. The minimum Gasteiger partial charge on any atom is -0.431 e. The Labute approximate surface area is 174 Å². The third-order valence-electron chi connectivity index (χ3n) is 4.26. The first-order valence-electron chi connectivity index (χ1n) is 9.41. The van der Waals surface area contributed by atoms with Crippen LogP contribution in [0.2, 0.25) is 0 Å². The van der Waals surface area contributed by atoms with Crippen LogP contribution in [0.1, 0.15) is 20.3 Å². The second kappa shape index (κ2) is 9.93. The molecule has 0 aliphatic heterocycles. The summed E-state index contributed by atoms with van der Waals surface area (Å²) in [6, 6.07) is 19.0. The number of nitrogens with one attached hydrogen (secondary N) is 2. The molecule has 0 radical (unpaired) electrons. The van der Waals surface area contributed by atoms with E-state index in [4.69, 9.17) is 4.42 Å². The maximum atomic E-state index is 12.1. The number of rotatable bonds is 7.